The lowest BCUT2D eigenvalue weighted by Crippen LogP contribution is -2.15. The zero-order valence-corrected chi connectivity index (χ0v) is 11.6. The van der Waals surface area contributed by atoms with Crippen molar-refractivity contribution < 1.29 is 45.2 Å². The van der Waals surface area contributed by atoms with Crippen LogP contribution in [0.1, 0.15) is 0 Å². The molecule has 0 aliphatic carbocycles. The number of hydrogen-bond acceptors (Lipinski definition) is 9. The van der Waals surface area contributed by atoms with Crippen molar-refractivity contribution in [2.24, 2.45) is 0 Å². The summed E-state index contributed by atoms with van der Waals surface area (Å²) in [6.45, 7) is 0.662. The quantitative estimate of drug-likeness (QED) is 0.202. The summed E-state index contributed by atoms with van der Waals surface area (Å²) in [7, 11) is 0. The van der Waals surface area contributed by atoms with Crippen molar-refractivity contribution in [3.8, 4) is 0 Å². The number of hydrogen-bond donors (Lipinski definition) is 7. The molecule has 0 radical (unpaired) electrons. The fraction of sp³-hybridized carbons (Fsp3) is 1.00. The van der Waals surface area contributed by atoms with Gasteiger partial charge in [-0.3, -0.25) is 0 Å². The second-order valence-electron chi connectivity index (χ2n) is 3.14. The zero-order valence-electron chi connectivity index (χ0n) is 11.6. The molecule has 0 unspecified atom stereocenters. The molecule has 0 aromatic rings. The molecule has 0 aliphatic rings. The van der Waals surface area contributed by atoms with E-state index in [0.717, 1.165) is 0 Å². The van der Waals surface area contributed by atoms with Gasteiger partial charge in [-0.2, -0.15) is 0 Å². The van der Waals surface area contributed by atoms with E-state index < -0.39 is 6.10 Å². The van der Waals surface area contributed by atoms with Crippen molar-refractivity contribution >= 4 is 0 Å². The van der Waals surface area contributed by atoms with Crippen LogP contribution in [0.5, 0.6) is 0 Å². The van der Waals surface area contributed by atoms with Crippen molar-refractivity contribution in [3.05, 3.63) is 0 Å². The molecule has 0 spiro atoms. The number of aliphatic hydroxyl groups excluding tert-OH is 7. The topological polar surface area (TPSA) is 160 Å². The maximum Gasteiger partial charge on any atom is 0.100 e. The SMILES string of the molecule is OCC(O)CO.OCCOCCO.OCCOCCO. The lowest BCUT2D eigenvalue weighted by atomic mass is 10.4. The average molecular weight is 304 g/mol. The van der Waals surface area contributed by atoms with Crippen LogP contribution in [-0.4, -0.2) is 108 Å². The van der Waals surface area contributed by atoms with E-state index in [-0.39, 0.29) is 39.6 Å². The number of rotatable bonds is 10. The second kappa shape index (κ2) is 27.1. The molecule has 9 nitrogen and oxygen atoms in total. The second-order valence-corrected chi connectivity index (χ2v) is 3.14. The predicted octanol–water partition coefficient (Wildman–Crippen LogP) is -3.69. The van der Waals surface area contributed by atoms with Gasteiger partial charge < -0.3 is 45.2 Å². The van der Waals surface area contributed by atoms with Crippen LogP contribution < -0.4 is 0 Å². The fourth-order valence-electron chi connectivity index (χ4n) is 0.520. The first kappa shape index (κ1) is 24.6. The van der Waals surface area contributed by atoms with Crippen molar-refractivity contribution in [1.29, 1.82) is 0 Å². The van der Waals surface area contributed by atoms with Gasteiger partial charge >= 0.3 is 0 Å². The Bertz CT molecular complexity index is 115. The van der Waals surface area contributed by atoms with E-state index in [9.17, 15) is 0 Å². The Labute approximate surface area is 118 Å². The van der Waals surface area contributed by atoms with Gasteiger partial charge in [0.2, 0.25) is 0 Å². The Hall–Kier alpha value is -0.360. The molecule has 0 aliphatic heterocycles. The summed E-state index contributed by atoms with van der Waals surface area (Å²) in [5, 5.41) is 56.4. The van der Waals surface area contributed by atoms with Crippen LogP contribution in [0.15, 0.2) is 0 Å². The molecule has 0 saturated carbocycles. The van der Waals surface area contributed by atoms with E-state index in [1.54, 1.807) is 0 Å². The first-order valence-corrected chi connectivity index (χ1v) is 6.13. The van der Waals surface area contributed by atoms with E-state index in [0.29, 0.717) is 26.4 Å². The first-order valence-electron chi connectivity index (χ1n) is 6.13. The van der Waals surface area contributed by atoms with Crippen molar-refractivity contribution in [2.75, 3.05) is 66.1 Å². The molecule has 7 N–H and O–H groups in total. The van der Waals surface area contributed by atoms with Crippen LogP contribution >= 0.6 is 0 Å². The van der Waals surface area contributed by atoms with Crippen molar-refractivity contribution in [2.45, 2.75) is 6.10 Å². The molecule has 0 aromatic carbocycles. The molecule has 0 rings (SSSR count). The highest BCUT2D eigenvalue weighted by atomic mass is 16.5. The zero-order chi connectivity index (χ0) is 16.1. The standard InChI is InChI=1S/2C4H10O3.C3H8O3/c2*5-1-3-7-4-2-6;4-1-3(6)2-5/h2*5-6H,1-4H2;3-6H,1-2H2. The van der Waals surface area contributed by atoms with Crippen LogP contribution in [-0.2, 0) is 9.47 Å². The van der Waals surface area contributed by atoms with Gasteiger partial charge in [0.15, 0.2) is 0 Å². The van der Waals surface area contributed by atoms with Crippen molar-refractivity contribution in [3.63, 3.8) is 0 Å². The summed E-state index contributed by atoms with van der Waals surface area (Å²) >= 11 is 0. The van der Waals surface area contributed by atoms with Gasteiger partial charge in [0.25, 0.3) is 0 Å². The molecule has 0 aromatic heterocycles. The van der Waals surface area contributed by atoms with Crippen LogP contribution in [0.4, 0.5) is 0 Å². The van der Waals surface area contributed by atoms with E-state index in [1.807, 2.05) is 0 Å². The third kappa shape index (κ3) is 36.0. The Morgan fingerprint density at radius 1 is 0.550 bits per heavy atom. The molecule has 9 heteroatoms. The summed E-state index contributed by atoms with van der Waals surface area (Å²) in [6, 6.07) is 0. The Balaban J connectivity index is -0.000000218. The summed E-state index contributed by atoms with van der Waals surface area (Å²) in [6.07, 6.45) is -0.954. The van der Waals surface area contributed by atoms with Gasteiger partial charge in [-0.1, -0.05) is 0 Å². The van der Waals surface area contributed by atoms with Gasteiger partial charge in [-0.05, 0) is 0 Å². The van der Waals surface area contributed by atoms with E-state index in [2.05, 4.69) is 9.47 Å². The molecule has 0 heterocycles. The fourth-order valence-corrected chi connectivity index (χ4v) is 0.520. The molecular formula is C11H28O9. The van der Waals surface area contributed by atoms with E-state index >= 15 is 0 Å². The average Bonchev–Trinajstić information content (AvgIpc) is 2.49. The number of aliphatic hydroxyl groups is 7. The minimum absolute atomic E-state index is 0.0278. The van der Waals surface area contributed by atoms with Gasteiger partial charge in [0.1, 0.15) is 6.10 Å². The maximum atomic E-state index is 8.17. The Morgan fingerprint density at radius 3 is 0.900 bits per heavy atom. The van der Waals surface area contributed by atoms with Crippen LogP contribution in [0.3, 0.4) is 0 Å². The minimum Gasteiger partial charge on any atom is -0.394 e. The highest BCUT2D eigenvalue weighted by molar-refractivity contribution is 4.44. The van der Waals surface area contributed by atoms with Crippen molar-refractivity contribution in [1.82, 2.24) is 0 Å². The normalized spacial score (nSPS) is 9.60. The summed E-state index contributed by atoms with van der Waals surface area (Å²) < 4.78 is 9.26. The van der Waals surface area contributed by atoms with Gasteiger partial charge in [-0.25, -0.2) is 0 Å². The van der Waals surface area contributed by atoms with E-state index in [1.165, 1.54) is 0 Å². The van der Waals surface area contributed by atoms with Gasteiger partial charge in [-0.15, -0.1) is 0 Å². The van der Waals surface area contributed by atoms with Gasteiger partial charge in [0, 0.05) is 0 Å². The molecule has 0 saturated heterocycles. The minimum atomic E-state index is -0.954. The molecule has 0 bridgehead atoms. The lowest BCUT2D eigenvalue weighted by Gasteiger charge is -1.96. The molecule has 0 fully saturated rings. The van der Waals surface area contributed by atoms with Crippen LogP contribution in [0.25, 0.3) is 0 Å². The highest BCUT2D eigenvalue weighted by Crippen LogP contribution is 1.71. The lowest BCUT2D eigenvalue weighted by molar-refractivity contribution is 0.0450. The molecule has 20 heavy (non-hydrogen) atoms. The molecule has 0 atom stereocenters. The summed E-state index contributed by atoms with van der Waals surface area (Å²) in [5.41, 5.74) is 0. The third-order valence-electron chi connectivity index (χ3n) is 1.36. The summed E-state index contributed by atoms with van der Waals surface area (Å²) in [5.74, 6) is 0. The number of ether oxygens (including phenoxy) is 2. The molecule has 0 amide bonds. The summed E-state index contributed by atoms with van der Waals surface area (Å²) in [4.78, 5) is 0. The highest BCUT2D eigenvalue weighted by Gasteiger charge is 1.93. The smallest absolute Gasteiger partial charge is 0.100 e. The monoisotopic (exact) mass is 304 g/mol. The predicted molar refractivity (Wildman–Crippen MR) is 70.2 cm³/mol. The molecular weight excluding hydrogens is 276 g/mol. The van der Waals surface area contributed by atoms with Gasteiger partial charge in [0.05, 0.1) is 66.1 Å². The van der Waals surface area contributed by atoms with E-state index in [4.69, 9.17) is 35.7 Å². The van der Waals surface area contributed by atoms with Crippen LogP contribution in [0, 0.1) is 0 Å². The Kier molecular flexibility index (Phi) is 33.3. The molecule has 126 valence electrons. The third-order valence-corrected chi connectivity index (χ3v) is 1.36. The maximum absolute atomic E-state index is 8.17. The largest absolute Gasteiger partial charge is 0.394 e. The Morgan fingerprint density at radius 2 is 0.800 bits per heavy atom. The van der Waals surface area contributed by atoms with Crippen LogP contribution in [0.2, 0.25) is 0 Å². The first-order chi connectivity index (χ1) is 9.64.